The van der Waals surface area contributed by atoms with E-state index in [9.17, 15) is 8.42 Å². The molecule has 0 saturated carbocycles. The van der Waals surface area contributed by atoms with Crippen molar-refractivity contribution in [2.75, 3.05) is 26.3 Å². The molecule has 8 nitrogen and oxygen atoms in total. The molecule has 2 aliphatic rings. The molecule has 140 valence electrons. The largest absolute Gasteiger partial charge is 0.486 e. The lowest BCUT2D eigenvalue weighted by Crippen LogP contribution is -2.31. The fourth-order valence-electron chi connectivity index (χ4n) is 3.06. The van der Waals surface area contributed by atoms with Gasteiger partial charge in [0.05, 0.1) is 23.1 Å². The summed E-state index contributed by atoms with van der Waals surface area (Å²) in [7, 11) is -3.67. The topological polar surface area (TPSA) is 102 Å². The van der Waals surface area contributed by atoms with Gasteiger partial charge in [-0.3, -0.25) is 0 Å². The smallest absolute Gasteiger partial charge is 0.243 e. The van der Waals surface area contributed by atoms with Gasteiger partial charge in [0.1, 0.15) is 19.3 Å². The molecular weight excluding hydrogens is 370 g/mol. The van der Waals surface area contributed by atoms with E-state index in [0.717, 1.165) is 0 Å². The summed E-state index contributed by atoms with van der Waals surface area (Å²) in [5.74, 6) is 1.30. The van der Waals surface area contributed by atoms with Gasteiger partial charge in [0, 0.05) is 24.9 Å². The van der Waals surface area contributed by atoms with Crippen LogP contribution in [0.5, 0.6) is 17.4 Å². The summed E-state index contributed by atoms with van der Waals surface area (Å²) in [5, 5.41) is 8.94. The molecule has 0 spiro atoms. The molecule has 1 aromatic carbocycles. The normalized spacial score (nSPS) is 19.4. The number of ether oxygens (including phenoxy) is 3. The molecule has 3 heterocycles. The highest BCUT2D eigenvalue weighted by molar-refractivity contribution is 7.89. The molecule has 1 aromatic heterocycles. The summed E-state index contributed by atoms with van der Waals surface area (Å²) in [6.45, 7) is 1.41. The quantitative estimate of drug-likeness (QED) is 0.785. The third-order valence-corrected chi connectivity index (χ3v) is 6.27. The molecule has 1 atom stereocenters. The standard InChI is InChI=1S/C18H17N3O5S/c19-11-13-3-5-20-18(9-13)26-14-4-6-21(12-14)27(22,23)15-1-2-16-17(10-15)25-8-7-24-16/h1-3,5,9-10,14H,4,6-8,12H2. The van der Waals surface area contributed by atoms with Crippen LogP contribution in [0, 0.1) is 11.3 Å². The molecule has 0 radical (unpaired) electrons. The minimum absolute atomic E-state index is 0.164. The van der Waals surface area contributed by atoms with E-state index in [4.69, 9.17) is 19.5 Å². The van der Waals surface area contributed by atoms with Crippen molar-refractivity contribution in [2.45, 2.75) is 17.4 Å². The van der Waals surface area contributed by atoms with Gasteiger partial charge in [-0.2, -0.15) is 9.57 Å². The van der Waals surface area contributed by atoms with Crippen molar-refractivity contribution in [2.24, 2.45) is 0 Å². The van der Waals surface area contributed by atoms with Crippen LogP contribution in [0.25, 0.3) is 0 Å². The fraction of sp³-hybridized carbons (Fsp3) is 0.333. The second-order valence-electron chi connectivity index (χ2n) is 6.19. The van der Waals surface area contributed by atoms with Gasteiger partial charge in [-0.05, 0) is 24.6 Å². The zero-order chi connectivity index (χ0) is 18.9. The molecule has 1 unspecified atom stereocenters. The molecule has 1 fully saturated rings. The average molecular weight is 387 g/mol. The number of nitriles is 1. The Balaban J connectivity index is 1.48. The monoisotopic (exact) mass is 387 g/mol. The van der Waals surface area contributed by atoms with Crippen LogP contribution in [0.15, 0.2) is 41.4 Å². The maximum Gasteiger partial charge on any atom is 0.243 e. The number of pyridine rings is 1. The highest BCUT2D eigenvalue weighted by Gasteiger charge is 2.34. The van der Waals surface area contributed by atoms with E-state index in [0.29, 0.717) is 49.1 Å². The molecule has 0 bridgehead atoms. The predicted molar refractivity (Wildman–Crippen MR) is 94.2 cm³/mol. The summed E-state index contributed by atoms with van der Waals surface area (Å²) >= 11 is 0. The molecule has 2 aromatic rings. The van der Waals surface area contributed by atoms with E-state index >= 15 is 0 Å². The highest BCUT2D eigenvalue weighted by atomic mass is 32.2. The fourth-order valence-corrected chi connectivity index (χ4v) is 4.56. The second-order valence-corrected chi connectivity index (χ2v) is 8.13. The van der Waals surface area contributed by atoms with Crippen molar-refractivity contribution >= 4 is 10.0 Å². The Kier molecular flexibility index (Phi) is 4.59. The van der Waals surface area contributed by atoms with Crippen LogP contribution in [-0.2, 0) is 10.0 Å². The Morgan fingerprint density at radius 1 is 1.19 bits per heavy atom. The summed E-state index contributed by atoms with van der Waals surface area (Å²) in [4.78, 5) is 4.24. The third-order valence-electron chi connectivity index (χ3n) is 4.41. The third kappa shape index (κ3) is 3.54. The summed E-state index contributed by atoms with van der Waals surface area (Å²) in [6.07, 6.45) is 1.72. The van der Waals surface area contributed by atoms with Crippen LogP contribution in [-0.4, -0.2) is 50.1 Å². The molecule has 0 amide bonds. The van der Waals surface area contributed by atoms with E-state index in [-0.39, 0.29) is 17.5 Å². The Bertz CT molecular complexity index is 1000. The lowest BCUT2D eigenvalue weighted by Gasteiger charge is -2.21. The van der Waals surface area contributed by atoms with E-state index in [1.807, 2.05) is 6.07 Å². The van der Waals surface area contributed by atoms with Gasteiger partial charge in [0.2, 0.25) is 15.9 Å². The molecule has 27 heavy (non-hydrogen) atoms. The molecule has 9 heteroatoms. The first-order valence-corrected chi connectivity index (χ1v) is 9.93. The average Bonchev–Trinajstić information content (AvgIpc) is 3.17. The van der Waals surface area contributed by atoms with Crippen molar-refractivity contribution in [1.82, 2.24) is 9.29 Å². The number of sulfonamides is 1. The first-order valence-electron chi connectivity index (χ1n) is 8.49. The lowest BCUT2D eigenvalue weighted by atomic mass is 10.3. The minimum Gasteiger partial charge on any atom is -0.486 e. The Hall–Kier alpha value is -2.83. The SMILES string of the molecule is N#Cc1ccnc(OC2CCN(S(=O)(=O)c3ccc4c(c3)OCCO4)C2)c1. The minimum atomic E-state index is -3.67. The maximum atomic E-state index is 12.9. The van der Waals surface area contributed by atoms with Crippen molar-refractivity contribution in [3.63, 3.8) is 0 Å². The van der Waals surface area contributed by atoms with Gasteiger partial charge in [0.15, 0.2) is 11.5 Å². The summed E-state index contributed by atoms with van der Waals surface area (Å²) in [5.41, 5.74) is 0.443. The van der Waals surface area contributed by atoms with Gasteiger partial charge in [0.25, 0.3) is 0 Å². The van der Waals surface area contributed by atoms with Crippen LogP contribution in [0.2, 0.25) is 0 Å². The number of hydrogen-bond donors (Lipinski definition) is 0. The van der Waals surface area contributed by atoms with E-state index in [1.165, 1.54) is 28.7 Å². The Labute approximate surface area is 157 Å². The van der Waals surface area contributed by atoms with Crippen LogP contribution in [0.1, 0.15) is 12.0 Å². The molecular formula is C18H17N3O5S. The summed E-state index contributed by atoms with van der Waals surface area (Å²) < 4.78 is 43.9. The lowest BCUT2D eigenvalue weighted by molar-refractivity contribution is 0.171. The molecule has 0 N–H and O–H groups in total. The summed E-state index contributed by atoms with van der Waals surface area (Å²) in [6, 6.07) is 9.78. The molecule has 1 saturated heterocycles. The first kappa shape index (κ1) is 17.6. The Morgan fingerprint density at radius 2 is 2.00 bits per heavy atom. The Morgan fingerprint density at radius 3 is 2.81 bits per heavy atom. The predicted octanol–water partition coefficient (Wildman–Crippen LogP) is 1.57. The van der Waals surface area contributed by atoms with E-state index < -0.39 is 10.0 Å². The van der Waals surface area contributed by atoms with Crippen molar-refractivity contribution in [1.29, 1.82) is 5.26 Å². The van der Waals surface area contributed by atoms with Crippen LogP contribution in [0.3, 0.4) is 0 Å². The van der Waals surface area contributed by atoms with Crippen LogP contribution in [0.4, 0.5) is 0 Å². The molecule has 4 rings (SSSR count). The number of rotatable bonds is 4. The second kappa shape index (κ2) is 7.06. The molecule has 2 aliphatic heterocycles. The number of benzene rings is 1. The zero-order valence-corrected chi connectivity index (χ0v) is 15.2. The molecule has 0 aliphatic carbocycles. The van der Waals surface area contributed by atoms with Gasteiger partial charge < -0.3 is 14.2 Å². The highest BCUT2D eigenvalue weighted by Crippen LogP contribution is 2.34. The van der Waals surface area contributed by atoms with Gasteiger partial charge >= 0.3 is 0 Å². The van der Waals surface area contributed by atoms with Gasteiger partial charge in [-0.15, -0.1) is 0 Å². The van der Waals surface area contributed by atoms with Gasteiger partial charge in [-0.1, -0.05) is 0 Å². The van der Waals surface area contributed by atoms with Crippen molar-refractivity contribution < 1.29 is 22.6 Å². The number of fused-ring (bicyclic) bond motifs is 1. The first-order chi connectivity index (χ1) is 13.1. The number of nitrogens with zero attached hydrogens (tertiary/aromatic N) is 3. The van der Waals surface area contributed by atoms with E-state index in [2.05, 4.69) is 4.98 Å². The van der Waals surface area contributed by atoms with Crippen LogP contribution >= 0.6 is 0 Å². The van der Waals surface area contributed by atoms with Crippen LogP contribution < -0.4 is 14.2 Å². The van der Waals surface area contributed by atoms with E-state index in [1.54, 1.807) is 12.1 Å². The van der Waals surface area contributed by atoms with Crippen molar-refractivity contribution in [3.05, 3.63) is 42.1 Å². The number of hydrogen-bond acceptors (Lipinski definition) is 7. The van der Waals surface area contributed by atoms with Crippen molar-refractivity contribution in [3.8, 4) is 23.4 Å². The maximum absolute atomic E-state index is 12.9. The van der Waals surface area contributed by atoms with Gasteiger partial charge in [-0.25, -0.2) is 13.4 Å². The number of aromatic nitrogens is 1. The zero-order valence-electron chi connectivity index (χ0n) is 14.4.